The maximum atomic E-state index is 13.9. The van der Waals surface area contributed by atoms with Crippen LogP contribution >= 0.6 is 23.2 Å². The van der Waals surface area contributed by atoms with Crippen molar-refractivity contribution in [1.82, 2.24) is 4.90 Å². The zero-order valence-corrected chi connectivity index (χ0v) is 38.5. The second-order valence-electron chi connectivity index (χ2n) is 17.4. The summed E-state index contributed by atoms with van der Waals surface area (Å²) in [6, 6.07) is 11.6. The lowest BCUT2D eigenvalue weighted by Gasteiger charge is -2.29. The predicted octanol–water partition coefficient (Wildman–Crippen LogP) is 10.2. The van der Waals surface area contributed by atoms with E-state index in [-0.39, 0.29) is 11.5 Å². The smallest absolute Gasteiger partial charge is 0.414 e. The second kappa shape index (κ2) is 17.9. The first-order chi connectivity index (χ1) is 27.3. The number of benzene rings is 2. The number of allylic oxidation sites excluding steroid dienone is 7. The minimum absolute atomic E-state index is 0.299. The molecule has 0 radical (unpaired) electrons. The summed E-state index contributed by atoms with van der Waals surface area (Å²) in [6.07, 6.45) is 10.8. The lowest BCUT2D eigenvalue weighted by Crippen LogP contribution is -2.36. The third-order valence-corrected chi connectivity index (χ3v) is 13.2. The molecule has 2 N–H and O–H groups in total. The predicted molar refractivity (Wildman–Crippen MR) is 238 cm³/mol. The van der Waals surface area contributed by atoms with Crippen molar-refractivity contribution in [3.05, 3.63) is 104 Å². The maximum absolute atomic E-state index is 13.9. The average molecular weight is 892 g/mol. The molecule has 0 bridgehead atoms. The standard InChI is InChI=1S/C44H57Cl2N3O8S2/c1-9-47(41(50)57-42(2,3)4)40-30(16-22-38-43(5,6)34-28-32(45)18-20-36(34)48(38)24-10-12-26-58(51,52)53)14-15-31(40)17-23-39-44(7,8)35-29-33(46)19-21-37(35)49(39)25-11-13-27-59(54,55)56/h16-23,28-29H,9-15,24-27H2,1-8H3,(H-,51,52,53,54,55,56)/p+1. The van der Waals surface area contributed by atoms with Gasteiger partial charge in [-0.1, -0.05) is 49.2 Å². The molecule has 322 valence electrons. The lowest BCUT2D eigenvalue weighted by atomic mass is 9.81. The first-order valence-corrected chi connectivity index (χ1v) is 24.1. The van der Waals surface area contributed by atoms with Crippen LogP contribution < -0.4 is 4.90 Å². The molecule has 2 heterocycles. The number of rotatable bonds is 15. The van der Waals surface area contributed by atoms with Crippen LogP contribution in [0.25, 0.3) is 0 Å². The average Bonchev–Trinajstić information content (AvgIpc) is 3.66. The van der Waals surface area contributed by atoms with Crippen LogP contribution in [0.2, 0.25) is 10.0 Å². The minimum Gasteiger partial charge on any atom is -0.443 e. The number of carbonyl (C=O) groups excluding carboxylic acids is 1. The van der Waals surface area contributed by atoms with E-state index in [9.17, 15) is 30.7 Å². The molecule has 0 atom stereocenters. The second-order valence-corrected chi connectivity index (χ2v) is 21.4. The number of hydrogen-bond donors (Lipinski definition) is 2. The number of halogens is 2. The van der Waals surface area contributed by atoms with Crippen LogP contribution in [0, 0.1) is 0 Å². The molecule has 2 aromatic rings. The van der Waals surface area contributed by atoms with Gasteiger partial charge >= 0.3 is 6.09 Å². The summed E-state index contributed by atoms with van der Waals surface area (Å²) < 4.78 is 72.8. The van der Waals surface area contributed by atoms with Crippen molar-refractivity contribution in [2.75, 3.05) is 36.0 Å². The van der Waals surface area contributed by atoms with Gasteiger partial charge in [-0.2, -0.15) is 21.4 Å². The van der Waals surface area contributed by atoms with Gasteiger partial charge in [0, 0.05) is 64.1 Å². The largest absolute Gasteiger partial charge is 0.443 e. The fourth-order valence-corrected chi connectivity index (χ4v) is 9.81. The normalized spacial score (nSPS) is 19.1. The highest BCUT2D eigenvalue weighted by Gasteiger charge is 2.45. The summed E-state index contributed by atoms with van der Waals surface area (Å²) in [7, 11) is -8.16. The zero-order chi connectivity index (χ0) is 43.7. The first-order valence-electron chi connectivity index (χ1n) is 20.1. The molecule has 0 saturated carbocycles. The first kappa shape index (κ1) is 46.6. The van der Waals surface area contributed by atoms with E-state index in [1.807, 2.05) is 64.1 Å². The van der Waals surface area contributed by atoms with E-state index < -0.39 is 42.8 Å². The Hall–Kier alpha value is -3.46. The summed E-state index contributed by atoms with van der Waals surface area (Å²) in [5, 5.41) is 1.23. The van der Waals surface area contributed by atoms with Crippen LogP contribution in [-0.4, -0.2) is 84.0 Å². The molecule has 2 aromatic carbocycles. The molecule has 11 nitrogen and oxygen atoms in total. The molecule has 3 aliphatic rings. The number of unbranched alkanes of at least 4 members (excludes halogenated alkanes) is 2. The summed E-state index contributed by atoms with van der Waals surface area (Å²) >= 11 is 13.0. The maximum Gasteiger partial charge on any atom is 0.414 e. The van der Waals surface area contributed by atoms with E-state index in [2.05, 4.69) is 61.5 Å². The Morgan fingerprint density at radius 1 is 0.864 bits per heavy atom. The highest BCUT2D eigenvalue weighted by atomic mass is 35.5. The van der Waals surface area contributed by atoms with Gasteiger partial charge in [0.2, 0.25) is 5.69 Å². The molecule has 0 fully saturated rings. The van der Waals surface area contributed by atoms with Crippen LogP contribution in [0.1, 0.15) is 105 Å². The number of amides is 1. The number of anilines is 1. The Bertz CT molecular complexity index is 2350. The molecule has 1 amide bonds. The molecule has 1 aliphatic carbocycles. The van der Waals surface area contributed by atoms with Gasteiger partial charge in [0.25, 0.3) is 20.2 Å². The molecular weight excluding hydrogens is 834 g/mol. The molecule has 15 heteroatoms. The van der Waals surface area contributed by atoms with Crippen LogP contribution in [0.15, 0.2) is 83.2 Å². The number of ether oxygens (including phenoxy) is 1. The number of likely N-dealkylation sites (N-methyl/N-ethyl adjacent to an activating group) is 1. The molecular formula is C44H58Cl2N3O8S2+. The highest BCUT2D eigenvalue weighted by molar-refractivity contribution is 7.86. The molecule has 0 spiro atoms. The van der Waals surface area contributed by atoms with Gasteiger partial charge in [0.15, 0.2) is 5.71 Å². The lowest BCUT2D eigenvalue weighted by molar-refractivity contribution is -0.438. The van der Waals surface area contributed by atoms with Gasteiger partial charge in [0.1, 0.15) is 12.1 Å². The molecule has 0 unspecified atom stereocenters. The Balaban J connectivity index is 1.61. The van der Waals surface area contributed by atoms with Crippen molar-refractivity contribution in [2.45, 2.75) is 110 Å². The SMILES string of the molecule is CCN(C(=O)OC(C)(C)C)C1=C(/C=C/C2=[N+](CCCCS(=O)(=O)O)c3ccc(Cl)cc3C2(C)C)CC/C1=C\C=C1\N(CCCCS(=O)(=O)O)c2ccc(Cl)cc2C1(C)C. The van der Waals surface area contributed by atoms with Crippen LogP contribution in [0.5, 0.6) is 0 Å². The van der Waals surface area contributed by atoms with Crippen molar-refractivity contribution < 1.29 is 40.0 Å². The van der Waals surface area contributed by atoms with Crippen LogP contribution in [0.4, 0.5) is 16.2 Å². The van der Waals surface area contributed by atoms with E-state index >= 15 is 0 Å². The third kappa shape index (κ3) is 11.1. The Labute approximate surface area is 360 Å². The van der Waals surface area contributed by atoms with Gasteiger partial charge < -0.3 is 9.64 Å². The Morgan fingerprint density at radius 3 is 2.08 bits per heavy atom. The van der Waals surface area contributed by atoms with Gasteiger partial charge in [-0.15, -0.1) is 0 Å². The van der Waals surface area contributed by atoms with Crippen molar-refractivity contribution in [3.8, 4) is 0 Å². The van der Waals surface area contributed by atoms with Crippen molar-refractivity contribution in [2.24, 2.45) is 0 Å². The van der Waals surface area contributed by atoms with E-state index in [4.69, 9.17) is 27.9 Å². The fourth-order valence-electron chi connectivity index (χ4n) is 8.32. The van der Waals surface area contributed by atoms with E-state index in [1.165, 1.54) is 0 Å². The van der Waals surface area contributed by atoms with Crippen molar-refractivity contribution in [3.63, 3.8) is 0 Å². The molecule has 59 heavy (non-hydrogen) atoms. The minimum atomic E-state index is -4.08. The summed E-state index contributed by atoms with van der Waals surface area (Å²) in [6.45, 7) is 17.4. The molecule has 2 aliphatic heterocycles. The third-order valence-electron chi connectivity index (χ3n) is 11.1. The topological polar surface area (TPSA) is 145 Å². The fraction of sp³-hybridized carbons (Fsp3) is 0.500. The summed E-state index contributed by atoms with van der Waals surface area (Å²) in [4.78, 5) is 17.8. The number of hydrogen-bond acceptors (Lipinski definition) is 7. The van der Waals surface area contributed by atoms with Gasteiger partial charge in [0.05, 0.1) is 22.6 Å². The number of nitrogens with zero attached hydrogens (tertiary/aromatic N) is 3. The molecule has 0 saturated heterocycles. The quantitative estimate of drug-likeness (QED) is 0.101. The van der Waals surface area contributed by atoms with Gasteiger partial charge in [-0.05, 0) is 127 Å². The summed E-state index contributed by atoms with van der Waals surface area (Å²) in [5.74, 6) is -0.629. The monoisotopic (exact) mass is 890 g/mol. The highest BCUT2D eigenvalue weighted by Crippen LogP contribution is 2.49. The molecule has 0 aromatic heterocycles. The van der Waals surface area contributed by atoms with Crippen LogP contribution in [-0.2, 0) is 35.8 Å². The van der Waals surface area contributed by atoms with E-state index in [0.29, 0.717) is 68.2 Å². The van der Waals surface area contributed by atoms with Crippen molar-refractivity contribution >= 4 is 66.6 Å². The van der Waals surface area contributed by atoms with E-state index in [1.54, 1.807) is 4.90 Å². The van der Waals surface area contributed by atoms with Gasteiger partial charge in [-0.3, -0.25) is 14.0 Å². The summed E-state index contributed by atoms with van der Waals surface area (Å²) in [5.41, 5.74) is 7.03. The van der Waals surface area contributed by atoms with E-state index in [0.717, 1.165) is 50.8 Å². The molecule has 5 rings (SSSR count). The number of carbonyl (C=O) groups is 1. The van der Waals surface area contributed by atoms with Crippen LogP contribution in [0.3, 0.4) is 0 Å². The van der Waals surface area contributed by atoms with Crippen molar-refractivity contribution in [1.29, 1.82) is 0 Å². The number of fused-ring (bicyclic) bond motifs is 2. The van der Waals surface area contributed by atoms with Gasteiger partial charge in [-0.25, -0.2) is 4.79 Å². The Morgan fingerprint density at radius 2 is 1.47 bits per heavy atom. The zero-order valence-electron chi connectivity index (χ0n) is 35.3. The Kier molecular flexibility index (Phi) is 14.1.